The Labute approximate surface area is 144 Å². The third-order valence-electron chi connectivity index (χ3n) is 3.44. The van der Waals surface area contributed by atoms with Crippen LogP contribution in [0.5, 0.6) is 5.75 Å². The lowest BCUT2D eigenvalue weighted by Gasteiger charge is -2.18. The lowest BCUT2D eigenvalue weighted by atomic mass is 10.2. The van der Waals surface area contributed by atoms with Crippen molar-refractivity contribution in [2.75, 3.05) is 20.4 Å². The van der Waals surface area contributed by atoms with Crippen LogP contribution in [0.25, 0.3) is 0 Å². The van der Waals surface area contributed by atoms with Crippen molar-refractivity contribution in [2.24, 2.45) is 0 Å². The van der Waals surface area contributed by atoms with Crippen molar-refractivity contribution in [3.05, 3.63) is 53.6 Å². The second-order valence-electron chi connectivity index (χ2n) is 5.03. The Morgan fingerprint density at radius 1 is 1.17 bits per heavy atom. The highest BCUT2D eigenvalue weighted by Crippen LogP contribution is 2.29. The van der Waals surface area contributed by atoms with Gasteiger partial charge in [0.1, 0.15) is 22.3 Å². The maximum absolute atomic E-state index is 13.8. The van der Waals surface area contributed by atoms with E-state index < -0.39 is 26.6 Å². The molecule has 130 valence electrons. The lowest BCUT2D eigenvalue weighted by Crippen LogP contribution is -2.27. The molecule has 0 unspecified atom stereocenters. The molecular weight excluding hydrogens is 356 g/mol. The topological polar surface area (TPSA) is 46.6 Å². The van der Waals surface area contributed by atoms with Gasteiger partial charge < -0.3 is 4.74 Å². The highest BCUT2D eigenvalue weighted by molar-refractivity contribution is 7.98. The maximum Gasteiger partial charge on any atom is 0.246 e. The van der Waals surface area contributed by atoms with Gasteiger partial charge in [0.2, 0.25) is 10.0 Å². The van der Waals surface area contributed by atoms with Crippen LogP contribution in [0.4, 0.5) is 8.78 Å². The lowest BCUT2D eigenvalue weighted by molar-refractivity contribution is 0.402. The first kappa shape index (κ1) is 18.7. The molecule has 0 bridgehead atoms. The van der Waals surface area contributed by atoms with Crippen molar-refractivity contribution >= 4 is 21.8 Å². The van der Waals surface area contributed by atoms with Crippen LogP contribution in [0.1, 0.15) is 5.56 Å². The molecule has 0 atom stereocenters. The van der Waals surface area contributed by atoms with Gasteiger partial charge in [-0.15, -0.1) is 11.8 Å². The van der Waals surface area contributed by atoms with Gasteiger partial charge >= 0.3 is 0 Å². The highest BCUT2D eigenvalue weighted by Gasteiger charge is 2.25. The fourth-order valence-electron chi connectivity index (χ4n) is 2.17. The Morgan fingerprint density at radius 2 is 1.88 bits per heavy atom. The van der Waals surface area contributed by atoms with E-state index in [4.69, 9.17) is 4.74 Å². The van der Waals surface area contributed by atoms with Crippen LogP contribution >= 0.6 is 11.8 Å². The molecule has 0 aliphatic rings. The number of ether oxygens (including phenoxy) is 1. The largest absolute Gasteiger partial charge is 0.496 e. The predicted octanol–water partition coefficient (Wildman–Crippen LogP) is 3.52. The van der Waals surface area contributed by atoms with Gasteiger partial charge in [0.25, 0.3) is 0 Å². The van der Waals surface area contributed by atoms with E-state index in [-0.39, 0.29) is 6.54 Å². The molecule has 4 nitrogen and oxygen atoms in total. The summed E-state index contributed by atoms with van der Waals surface area (Å²) in [6.07, 6.45) is 1.91. The van der Waals surface area contributed by atoms with Crippen molar-refractivity contribution in [2.45, 2.75) is 16.3 Å². The average molecular weight is 373 g/mol. The van der Waals surface area contributed by atoms with E-state index in [1.54, 1.807) is 12.1 Å². The molecule has 0 heterocycles. The number of rotatable bonds is 6. The van der Waals surface area contributed by atoms with E-state index in [9.17, 15) is 17.2 Å². The number of benzene rings is 2. The Balaban J connectivity index is 2.29. The van der Waals surface area contributed by atoms with Crippen LogP contribution in [0, 0.1) is 11.6 Å². The van der Waals surface area contributed by atoms with Gasteiger partial charge in [-0.2, -0.15) is 4.31 Å². The first-order chi connectivity index (χ1) is 11.3. The maximum atomic E-state index is 13.8. The monoisotopic (exact) mass is 373 g/mol. The van der Waals surface area contributed by atoms with E-state index >= 15 is 0 Å². The molecule has 2 aromatic rings. The van der Waals surface area contributed by atoms with Crippen LogP contribution in [0.15, 0.2) is 46.2 Å². The fraction of sp³-hybridized carbons (Fsp3) is 0.250. The van der Waals surface area contributed by atoms with Crippen molar-refractivity contribution in [3.63, 3.8) is 0 Å². The van der Waals surface area contributed by atoms with Gasteiger partial charge in [-0.1, -0.05) is 6.07 Å². The summed E-state index contributed by atoms with van der Waals surface area (Å²) in [5.74, 6) is -1.30. The number of halogens is 2. The van der Waals surface area contributed by atoms with Gasteiger partial charge in [0.15, 0.2) is 0 Å². The van der Waals surface area contributed by atoms with Gasteiger partial charge in [-0.3, -0.25) is 0 Å². The molecule has 2 rings (SSSR count). The van der Waals surface area contributed by atoms with E-state index in [0.717, 1.165) is 21.3 Å². The first-order valence-electron chi connectivity index (χ1n) is 6.92. The summed E-state index contributed by atoms with van der Waals surface area (Å²) >= 11 is 1.51. The highest BCUT2D eigenvalue weighted by atomic mass is 32.2. The molecule has 0 saturated heterocycles. The van der Waals surface area contributed by atoms with Gasteiger partial charge in [0, 0.05) is 24.6 Å². The zero-order chi connectivity index (χ0) is 17.9. The van der Waals surface area contributed by atoms with Crippen LogP contribution in [-0.4, -0.2) is 33.1 Å². The first-order valence-corrected chi connectivity index (χ1v) is 9.58. The summed E-state index contributed by atoms with van der Waals surface area (Å²) in [4.78, 5) is 0.371. The second-order valence-corrected chi connectivity index (χ2v) is 7.89. The second kappa shape index (κ2) is 7.50. The van der Waals surface area contributed by atoms with E-state index in [1.807, 2.05) is 12.3 Å². The van der Waals surface area contributed by atoms with E-state index in [2.05, 4.69) is 0 Å². The zero-order valence-corrected chi connectivity index (χ0v) is 15.0. The molecule has 0 aliphatic heterocycles. The molecule has 0 aromatic heterocycles. The number of thioether (sulfide) groups is 1. The van der Waals surface area contributed by atoms with Crippen molar-refractivity contribution in [3.8, 4) is 5.75 Å². The quantitative estimate of drug-likeness (QED) is 0.727. The average Bonchev–Trinajstić information content (AvgIpc) is 2.54. The van der Waals surface area contributed by atoms with Crippen LogP contribution in [-0.2, 0) is 16.6 Å². The smallest absolute Gasteiger partial charge is 0.246 e. The molecule has 0 spiro atoms. The summed E-state index contributed by atoms with van der Waals surface area (Å²) in [5.41, 5.74) is 0.693. The molecule has 0 radical (unpaired) electrons. The van der Waals surface area contributed by atoms with Crippen molar-refractivity contribution in [1.29, 1.82) is 0 Å². The Morgan fingerprint density at radius 3 is 2.46 bits per heavy atom. The van der Waals surface area contributed by atoms with E-state index in [1.165, 1.54) is 25.9 Å². The Bertz CT molecular complexity index is 841. The van der Waals surface area contributed by atoms with Gasteiger partial charge in [-0.05, 0) is 36.1 Å². The number of sulfonamides is 1. The number of hydrogen-bond acceptors (Lipinski definition) is 4. The Kier molecular flexibility index (Phi) is 5.84. The summed E-state index contributed by atoms with van der Waals surface area (Å²) in [7, 11) is -1.20. The Hall–Kier alpha value is -1.64. The molecule has 24 heavy (non-hydrogen) atoms. The third kappa shape index (κ3) is 3.88. The third-order valence-corrected chi connectivity index (χ3v) is 6.05. The summed E-state index contributed by atoms with van der Waals surface area (Å²) in [6, 6.07) is 7.74. The summed E-state index contributed by atoms with van der Waals surface area (Å²) < 4.78 is 58.0. The predicted molar refractivity (Wildman–Crippen MR) is 89.8 cm³/mol. The molecule has 2 aromatic carbocycles. The zero-order valence-electron chi connectivity index (χ0n) is 13.4. The molecular formula is C16H17F2NO3S2. The van der Waals surface area contributed by atoms with Gasteiger partial charge in [0.05, 0.1) is 7.11 Å². The minimum Gasteiger partial charge on any atom is -0.496 e. The van der Waals surface area contributed by atoms with Crippen molar-refractivity contribution in [1.82, 2.24) is 4.31 Å². The van der Waals surface area contributed by atoms with Crippen LogP contribution in [0.2, 0.25) is 0 Å². The van der Waals surface area contributed by atoms with Crippen molar-refractivity contribution < 1.29 is 21.9 Å². The van der Waals surface area contributed by atoms with Crippen LogP contribution < -0.4 is 4.74 Å². The summed E-state index contributed by atoms with van der Waals surface area (Å²) in [6.45, 7) is 0.0319. The molecule has 0 amide bonds. The van der Waals surface area contributed by atoms with E-state index in [0.29, 0.717) is 17.4 Å². The molecule has 0 N–H and O–H groups in total. The number of methoxy groups -OCH3 is 1. The standard InChI is InChI=1S/C16H17F2NO3S2/c1-19(10-11-4-6-15(23-3)14(8-11)22-2)24(20,21)16-7-5-12(17)9-13(16)18/h4-9H,10H2,1-3H3. The SMILES string of the molecule is COc1cc(CN(C)S(=O)(=O)c2ccc(F)cc2F)ccc1SC. The minimum absolute atomic E-state index is 0.0319. The normalized spacial score (nSPS) is 11.8. The number of nitrogens with zero attached hydrogens (tertiary/aromatic N) is 1. The molecule has 0 aliphatic carbocycles. The molecule has 0 fully saturated rings. The van der Waals surface area contributed by atoms with Crippen LogP contribution in [0.3, 0.4) is 0 Å². The minimum atomic E-state index is -4.07. The summed E-state index contributed by atoms with van der Waals surface area (Å²) in [5, 5.41) is 0. The molecule has 8 heteroatoms. The van der Waals surface area contributed by atoms with Gasteiger partial charge in [-0.25, -0.2) is 17.2 Å². The fourth-order valence-corrected chi connectivity index (χ4v) is 3.92. The molecule has 0 saturated carbocycles. The number of hydrogen-bond donors (Lipinski definition) is 0.